The van der Waals surface area contributed by atoms with E-state index in [2.05, 4.69) is 13.8 Å². The SMILES string of the molecule is CCCCCCCCCCCCCCCCC1(C(=O)O)CC=CCC1(CCCCCCCCCCCCCCCC)C(=O)O. The molecule has 0 bridgehead atoms. The Bertz CT molecular complexity index is 671. The lowest BCUT2D eigenvalue weighted by molar-refractivity contribution is -0.177. The summed E-state index contributed by atoms with van der Waals surface area (Å²) in [4.78, 5) is 25.6. The van der Waals surface area contributed by atoms with E-state index >= 15 is 0 Å². The average molecular weight is 619 g/mol. The molecule has 1 aliphatic rings. The van der Waals surface area contributed by atoms with E-state index in [1.54, 1.807) is 0 Å². The lowest BCUT2D eigenvalue weighted by Gasteiger charge is -2.47. The van der Waals surface area contributed by atoms with Gasteiger partial charge in [0.05, 0.1) is 10.8 Å². The van der Waals surface area contributed by atoms with Crippen molar-refractivity contribution in [3.63, 3.8) is 0 Å². The monoisotopic (exact) mass is 619 g/mol. The summed E-state index contributed by atoms with van der Waals surface area (Å²) in [7, 11) is 0. The maximum Gasteiger partial charge on any atom is 0.311 e. The first-order valence-corrected chi connectivity index (χ1v) is 19.6. The standard InChI is InChI=1S/C40H74O4/c1-3-5-7-9-11-13-15-17-19-21-23-25-27-29-33-39(37(41)42)35-31-32-36-40(39,38(43)44)34-30-28-26-24-22-20-18-16-14-12-10-8-6-4-2/h31-32H,3-30,33-36H2,1-2H3,(H,41,42)(H,43,44). The van der Waals surface area contributed by atoms with Crippen molar-refractivity contribution in [2.75, 3.05) is 0 Å². The highest BCUT2D eigenvalue weighted by atomic mass is 16.4. The van der Waals surface area contributed by atoms with E-state index < -0.39 is 22.8 Å². The second kappa shape index (κ2) is 26.9. The highest BCUT2D eigenvalue weighted by Crippen LogP contribution is 2.55. The molecule has 44 heavy (non-hydrogen) atoms. The molecular weight excluding hydrogens is 544 g/mol. The maximum atomic E-state index is 12.8. The van der Waals surface area contributed by atoms with E-state index in [0.29, 0.717) is 25.7 Å². The molecule has 1 aliphatic carbocycles. The Morgan fingerprint density at radius 3 is 0.818 bits per heavy atom. The third kappa shape index (κ3) is 16.3. The number of unbranched alkanes of at least 4 members (excludes halogenated alkanes) is 26. The van der Waals surface area contributed by atoms with Crippen molar-refractivity contribution in [1.82, 2.24) is 0 Å². The molecule has 258 valence electrons. The van der Waals surface area contributed by atoms with Crippen LogP contribution in [0.4, 0.5) is 0 Å². The predicted molar refractivity (Wildman–Crippen MR) is 188 cm³/mol. The van der Waals surface area contributed by atoms with E-state index in [-0.39, 0.29) is 0 Å². The van der Waals surface area contributed by atoms with Gasteiger partial charge in [-0.2, -0.15) is 0 Å². The highest BCUT2D eigenvalue weighted by molar-refractivity contribution is 5.87. The van der Waals surface area contributed by atoms with Crippen LogP contribution in [0.3, 0.4) is 0 Å². The molecule has 0 saturated heterocycles. The molecule has 2 atom stereocenters. The maximum absolute atomic E-state index is 12.8. The number of carbonyl (C=O) groups is 2. The zero-order chi connectivity index (χ0) is 32.2. The molecule has 0 spiro atoms. The zero-order valence-electron chi connectivity index (χ0n) is 29.5. The van der Waals surface area contributed by atoms with E-state index in [1.807, 2.05) is 12.2 Å². The minimum Gasteiger partial charge on any atom is -0.481 e. The molecule has 0 saturated carbocycles. The lowest BCUT2D eigenvalue weighted by atomic mass is 9.54. The molecule has 2 N–H and O–H groups in total. The van der Waals surface area contributed by atoms with E-state index in [1.165, 1.54) is 141 Å². The molecule has 2 unspecified atom stereocenters. The Morgan fingerprint density at radius 1 is 0.409 bits per heavy atom. The molecule has 4 nitrogen and oxygen atoms in total. The summed E-state index contributed by atoms with van der Waals surface area (Å²) in [6.45, 7) is 4.53. The fourth-order valence-corrected chi connectivity index (χ4v) is 7.68. The summed E-state index contributed by atoms with van der Waals surface area (Å²) < 4.78 is 0. The topological polar surface area (TPSA) is 74.6 Å². The minimum atomic E-state index is -1.18. The number of aliphatic carboxylic acids is 2. The van der Waals surface area contributed by atoms with Crippen molar-refractivity contribution >= 4 is 11.9 Å². The normalized spacial score (nSPS) is 19.9. The van der Waals surface area contributed by atoms with Gasteiger partial charge in [0, 0.05) is 0 Å². The molecule has 1 rings (SSSR count). The quantitative estimate of drug-likeness (QED) is 0.0581. The molecule has 0 aliphatic heterocycles. The number of carboxylic acid groups (broad SMARTS) is 2. The highest BCUT2D eigenvalue weighted by Gasteiger charge is 2.60. The first-order valence-electron chi connectivity index (χ1n) is 19.6. The first-order chi connectivity index (χ1) is 21.5. The zero-order valence-corrected chi connectivity index (χ0v) is 29.5. The van der Waals surface area contributed by atoms with Crippen molar-refractivity contribution in [2.45, 2.75) is 219 Å². The van der Waals surface area contributed by atoms with Crippen LogP contribution in [0.15, 0.2) is 12.2 Å². The molecule has 0 aromatic heterocycles. The van der Waals surface area contributed by atoms with E-state index in [4.69, 9.17) is 0 Å². The molecule has 0 heterocycles. The van der Waals surface area contributed by atoms with Crippen molar-refractivity contribution in [3.05, 3.63) is 12.2 Å². The van der Waals surface area contributed by atoms with Gasteiger partial charge in [-0.05, 0) is 25.7 Å². The van der Waals surface area contributed by atoms with Gasteiger partial charge in [0.25, 0.3) is 0 Å². The van der Waals surface area contributed by atoms with Crippen LogP contribution in [0.1, 0.15) is 219 Å². The first kappa shape index (κ1) is 40.7. The van der Waals surface area contributed by atoms with E-state index in [9.17, 15) is 19.8 Å². The number of hydrogen-bond donors (Lipinski definition) is 2. The van der Waals surface area contributed by atoms with E-state index in [0.717, 1.165) is 38.5 Å². The van der Waals surface area contributed by atoms with Crippen LogP contribution in [0, 0.1) is 10.8 Å². The van der Waals surface area contributed by atoms with Crippen LogP contribution >= 0.6 is 0 Å². The number of carboxylic acids is 2. The molecular formula is C40H74O4. The molecule has 0 aromatic carbocycles. The molecule has 0 amide bonds. The minimum absolute atomic E-state index is 0.353. The van der Waals surface area contributed by atoms with Crippen molar-refractivity contribution in [1.29, 1.82) is 0 Å². The number of rotatable bonds is 32. The van der Waals surface area contributed by atoms with Crippen molar-refractivity contribution < 1.29 is 19.8 Å². The van der Waals surface area contributed by atoms with Gasteiger partial charge >= 0.3 is 11.9 Å². The van der Waals surface area contributed by atoms with Crippen LogP contribution in [0.2, 0.25) is 0 Å². The van der Waals surface area contributed by atoms with Gasteiger partial charge in [-0.1, -0.05) is 206 Å². The van der Waals surface area contributed by atoms with Gasteiger partial charge in [0.2, 0.25) is 0 Å². The van der Waals surface area contributed by atoms with Crippen LogP contribution in [0.5, 0.6) is 0 Å². The molecule has 0 fully saturated rings. The summed E-state index contributed by atoms with van der Waals surface area (Å²) in [5, 5.41) is 21.0. The number of hydrogen-bond acceptors (Lipinski definition) is 2. The van der Waals surface area contributed by atoms with Gasteiger partial charge in [-0.3, -0.25) is 9.59 Å². The third-order valence-corrected chi connectivity index (χ3v) is 10.7. The third-order valence-electron chi connectivity index (χ3n) is 10.7. The largest absolute Gasteiger partial charge is 0.481 e. The summed E-state index contributed by atoms with van der Waals surface area (Å²) in [6.07, 6.45) is 40.8. The summed E-state index contributed by atoms with van der Waals surface area (Å²) >= 11 is 0. The van der Waals surface area contributed by atoms with Crippen molar-refractivity contribution in [2.24, 2.45) is 10.8 Å². The summed E-state index contributed by atoms with van der Waals surface area (Å²) in [5.41, 5.74) is -2.36. The van der Waals surface area contributed by atoms with Crippen LogP contribution in [-0.4, -0.2) is 22.2 Å². The van der Waals surface area contributed by atoms with Gasteiger partial charge in [-0.15, -0.1) is 0 Å². The number of allylic oxidation sites excluding steroid dienone is 2. The van der Waals surface area contributed by atoms with Crippen LogP contribution in [-0.2, 0) is 9.59 Å². The Labute approximate surface area is 273 Å². The van der Waals surface area contributed by atoms with Gasteiger partial charge < -0.3 is 10.2 Å². The predicted octanol–water partition coefficient (Wildman–Crippen LogP) is 13.2. The molecule has 4 heteroatoms. The fourth-order valence-electron chi connectivity index (χ4n) is 7.68. The average Bonchev–Trinajstić information content (AvgIpc) is 3.01. The molecule has 0 radical (unpaired) electrons. The van der Waals surface area contributed by atoms with Gasteiger partial charge in [0.15, 0.2) is 0 Å². The fraction of sp³-hybridized carbons (Fsp3) is 0.900. The van der Waals surface area contributed by atoms with Crippen molar-refractivity contribution in [3.8, 4) is 0 Å². The van der Waals surface area contributed by atoms with Gasteiger partial charge in [0.1, 0.15) is 0 Å². The lowest BCUT2D eigenvalue weighted by Crippen LogP contribution is -2.53. The van der Waals surface area contributed by atoms with Crippen LogP contribution in [0.25, 0.3) is 0 Å². The smallest absolute Gasteiger partial charge is 0.311 e. The summed E-state index contributed by atoms with van der Waals surface area (Å²) in [6, 6.07) is 0. The Hall–Kier alpha value is -1.32. The Kier molecular flexibility index (Phi) is 24.8. The molecule has 0 aromatic rings. The van der Waals surface area contributed by atoms with Crippen LogP contribution < -0.4 is 0 Å². The Morgan fingerprint density at radius 2 is 0.614 bits per heavy atom. The second-order valence-electron chi connectivity index (χ2n) is 14.3. The van der Waals surface area contributed by atoms with Gasteiger partial charge in [-0.25, -0.2) is 0 Å². The second-order valence-corrected chi connectivity index (χ2v) is 14.3. The Balaban J connectivity index is 2.33. The summed E-state index contributed by atoms with van der Waals surface area (Å²) in [5.74, 6) is -1.80.